The minimum absolute atomic E-state index is 0.126. The van der Waals surface area contributed by atoms with Crippen LogP contribution in [0.1, 0.15) is 16.9 Å². The summed E-state index contributed by atoms with van der Waals surface area (Å²) in [5, 5.41) is 19.4. The monoisotopic (exact) mass is 331 g/mol. The summed E-state index contributed by atoms with van der Waals surface area (Å²) < 4.78 is 26.7. The van der Waals surface area contributed by atoms with Crippen molar-refractivity contribution in [1.29, 1.82) is 10.5 Å². The molecule has 22 heavy (non-hydrogen) atoms. The molecule has 0 fully saturated rings. The molecule has 0 aliphatic heterocycles. The predicted molar refractivity (Wildman–Crippen MR) is 83.3 cm³/mol. The van der Waals surface area contributed by atoms with Gasteiger partial charge in [0.15, 0.2) is 0 Å². The molecule has 0 N–H and O–H groups in total. The van der Waals surface area contributed by atoms with Crippen LogP contribution in [0.4, 0.5) is 0 Å². The summed E-state index contributed by atoms with van der Waals surface area (Å²) in [5.41, 5.74) is 0.404. The maximum atomic E-state index is 12.7. The van der Waals surface area contributed by atoms with Gasteiger partial charge in [-0.15, -0.1) is 11.3 Å². The van der Waals surface area contributed by atoms with E-state index in [1.807, 2.05) is 29.7 Å². The summed E-state index contributed by atoms with van der Waals surface area (Å²) in [6.45, 7) is 0.373. The van der Waals surface area contributed by atoms with Crippen LogP contribution >= 0.6 is 11.3 Å². The lowest BCUT2D eigenvalue weighted by Gasteiger charge is -2.20. The Bertz CT molecular complexity index is 798. The molecule has 0 bridgehead atoms. The Kier molecular flexibility index (Phi) is 5.29. The van der Waals surface area contributed by atoms with Crippen LogP contribution in [0.3, 0.4) is 0 Å². The molecular weight excluding hydrogens is 318 g/mol. The molecule has 1 aromatic heterocycles. The second-order valence-electron chi connectivity index (χ2n) is 4.46. The van der Waals surface area contributed by atoms with Gasteiger partial charge in [-0.05, 0) is 35.7 Å². The van der Waals surface area contributed by atoms with Crippen LogP contribution in [0.2, 0.25) is 0 Å². The molecule has 7 heteroatoms. The molecule has 2 aromatic rings. The highest BCUT2D eigenvalue weighted by Gasteiger charge is 2.24. The van der Waals surface area contributed by atoms with Crippen molar-refractivity contribution in [1.82, 2.24) is 4.31 Å². The van der Waals surface area contributed by atoms with E-state index >= 15 is 0 Å². The number of hydrogen-bond donors (Lipinski definition) is 0. The van der Waals surface area contributed by atoms with Crippen molar-refractivity contribution in [3.8, 4) is 12.1 Å². The van der Waals surface area contributed by atoms with Gasteiger partial charge in [-0.25, -0.2) is 8.42 Å². The average molecular weight is 331 g/mol. The third-order valence-corrected chi connectivity index (χ3v) is 5.73. The van der Waals surface area contributed by atoms with Crippen molar-refractivity contribution in [2.45, 2.75) is 17.9 Å². The summed E-state index contributed by atoms with van der Waals surface area (Å²) in [7, 11) is -3.69. The third kappa shape index (κ3) is 3.71. The van der Waals surface area contributed by atoms with E-state index < -0.39 is 10.0 Å². The van der Waals surface area contributed by atoms with E-state index in [0.29, 0.717) is 5.56 Å². The lowest BCUT2D eigenvalue weighted by Crippen LogP contribution is -2.31. The summed E-state index contributed by atoms with van der Waals surface area (Å²) in [5.74, 6) is 0. The molecule has 2 rings (SSSR count). The van der Waals surface area contributed by atoms with Crippen molar-refractivity contribution < 1.29 is 8.42 Å². The van der Waals surface area contributed by atoms with Gasteiger partial charge in [0.05, 0.1) is 22.6 Å². The molecule has 0 amide bonds. The van der Waals surface area contributed by atoms with Gasteiger partial charge >= 0.3 is 0 Å². The van der Waals surface area contributed by atoms with Crippen molar-refractivity contribution in [3.05, 3.63) is 52.2 Å². The Morgan fingerprint density at radius 2 is 1.86 bits per heavy atom. The third-order valence-electron chi connectivity index (χ3n) is 3.01. The molecule has 1 aromatic carbocycles. The Balaban J connectivity index is 2.31. The number of thiophene rings is 1. The minimum atomic E-state index is -3.69. The Labute approximate surface area is 133 Å². The highest BCUT2D eigenvalue weighted by Crippen LogP contribution is 2.21. The van der Waals surface area contributed by atoms with E-state index in [4.69, 9.17) is 10.5 Å². The lowest BCUT2D eigenvalue weighted by atomic mass is 10.2. The van der Waals surface area contributed by atoms with Crippen LogP contribution in [0, 0.1) is 22.7 Å². The van der Waals surface area contributed by atoms with E-state index in [-0.39, 0.29) is 24.4 Å². The van der Waals surface area contributed by atoms with E-state index in [9.17, 15) is 8.42 Å². The van der Waals surface area contributed by atoms with Crippen LogP contribution in [-0.2, 0) is 16.6 Å². The maximum absolute atomic E-state index is 12.7. The van der Waals surface area contributed by atoms with Gasteiger partial charge in [0.25, 0.3) is 0 Å². The first-order valence-corrected chi connectivity index (χ1v) is 8.79. The van der Waals surface area contributed by atoms with Gasteiger partial charge in [0, 0.05) is 24.4 Å². The molecular formula is C15H13N3O2S2. The molecule has 0 saturated carbocycles. The molecule has 0 spiro atoms. The molecule has 0 aliphatic rings. The first-order valence-electron chi connectivity index (χ1n) is 6.47. The van der Waals surface area contributed by atoms with Gasteiger partial charge in [0.1, 0.15) is 0 Å². The fourth-order valence-corrected chi connectivity index (χ4v) is 4.11. The largest absolute Gasteiger partial charge is 0.243 e. The van der Waals surface area contributed by atoms with Crippen LogP contribution in [0.15, 0.2) is 46.7 Å². The number of nitriles is 2. The normalized spacial score (nSPS) is 11.0. The fourth-order valence-electron chi connectivity index (χ4n) is 1.89. The van der Waals surface area contributed by atoms with E-state index in [1.54, 1.807) is 0 Å². The molecule has 0 unspecified atom stereocenters. The van der Waals surface area contributed by atoms with E-state index in [0.717, 1.165) is 4.88 Å². The van der Waals surface area contributed by atoms with Gasteiger partial charge in [-0.3, -0.25) is 0 Å². The van der Waals surface area contributed by atoms with Crippen molar-refractivity contribution in [2.24, 2.45) is 0 Å². The first-order chi connectivity index (χ1) is 10.6. The highest BCUT2D eigenvalue weighted by atomic mass is 32.2. The number of rotatable bonds is 6. The average Bonchev–Trinajstić information content (AvgIpc) is 3.04. The van der Waals surface area contributed by atoms with Gasteiger partial charge in [0.2, 0.25) is 10.0 Å². The Morgan fingerprint density at radius 1 is 1.14 bits per heavy atom. The number of nitrogens with zero attached hydrogens (tertiary/aromatic N) is 3. The zero-order valence-corrected chi connectivity index (χ0v) is 13.3. The molecule has 0 atom stereocenters. The predicted octanol–water partition coefficient (Wildman–Crippen LogP) is 2.72. The summed E-state index contributed by atoms with van der Waals surface area (Å²) >= 11 is 1.47. The summed E-state index contributed by atoms with van der Waals surface area (Å²) in [6.07, 6.45) is 0.126. The number of benzene rings is 1. The Hall–Kier alpha value is -2.19. The molecule has 0 saturated heterocycles. The Morgan fingerprint density at radius 3 is 2.41 bits per heavy atom. The fraction of sp³-hybridized carbons (Fsp3) is 0.200. The van der Waals surface area contributed by atoms with Crippen molar-refractivity contribution >= 4 is 21.4 Å². The number of sulfonamides is 1. The molecule has 0 aliphatic carbocycles. The topological polar surface area (TPSA) is 85.0 Å². The summed E-state index contributed by atoms with van der Waals surface area (Å²) in [6, 6.07) is 13.4. The van der Waals surface area contributed by atoms with Gasteiger partial charge in [-0.2, -0.15) is 14.8 Å². The van der Waals surface area contributed by atoms with E-state index in [2.05, 4.69) is 0 Å². The van der Waals surface area contributed by atoms with Crippen LogP contribution in [0.5, 0.6) is 0 Å². The van der Waals surface area contributed by atoms with Gasteiger partial charge < -0.3 is 0 Å². The van der Waals surface area contributed by atoms with E-state index in [1.165, 1.54) is 39.9 Å². The molecule has 112 valence electrons. The molecule has 1 heterocycles. The van der Waals surface area contributed by atoms with Crippen molar-refractivity contribution in [3.63, 3.8) is 0 Å². The minimum Gasteiger partial charge on any atom is -0.207 e. The zero-order chi connectivity index (χ0) is 16.0. The SMILES string of the molecule is N#CCCN(Cc1cccs1)S(=O)(=O)c1ccc(C#N)cc1. The lowest BCUT2D eigenvalue weighted by molar-refractivity contribution is 0.416. The molecule has 5 nitrogen and oxygen atoms in total. The zero-order valence-electron chi connectivity index (χ0n) is 11.6. The second kappa shape index (κ2) is 7.19. The second-order valence-corrected chi connectivity index (χ2v) is 7.43. The molecule has 0 radical (unpaired) electrons. The standard InChI is InChI=1S/C15H13N3O2S2/c16-8-2-9-18(12-14-3-1-10-21-14)22(19,20)15-6-4-13(11-17)5-7-15/h1,3-7,10H,2,9,12H2. The van der Waals surface area contributed by atoms with Crippen LogP contribution in [-0.4, -0.2) is 19.3 Å². The maximum Gasteiger partial charge on any atom is 0.243 e. The highest BCUT2D eigenvalue weighted by molar-refractivity contribution is 7.89. The number of hydrogen-bond acceptors (Lipinski definition) is 5. The first kappa shape index (κ1) is 16.2. The van der Waals surface area contributed by atoms with Crippen LogP contribution < -0.4 is 0 Å². The summed E-state index contributed by atoms with van der Waals surface area (Å²) in [4.78, 5) is 1.04. The smallest absolute Gasteiger partial charge is 0.207 e. The quantitative estimate of drug-likeness (QED) is 0.814. The van der Waals surface area contributed by atoms with Crippen molar-refractivity contribution in [2.75, 3.05) is 6.54 Å². The van der Waals surface area contributed by atoms with Crippen LogP contribution in [0.25, 0.3) is 0 Å². The van der Waals surface area contributed by atoms with Gasteiger partial charge in [-0.1, -0.05) is 6.07 Å².